The number of hydrogen-bond acceptors (Lipinski definition) is 6. The first kappa shape index (κ1) is 23.7. The Bertz CT molecular complexity index is 1200. The molecule has 4 rings (SSSR count). The van der Waals surface area contributed by atoms with E-state index in [1.807, 2.05) is 39.0 Å². The van der Waals surface area contributed by atoms with Crippen LogP contribution in [0.3, 0.4) is 0 Å². The van der Waals surface area contributed by atoms with Crippen molar-refractivity contribution in [3.8, 4) is 11.4 Å². The van der Waals surface area contributed by atoms with Gasteiger partial charge < -0.3 is 15.4 Å². The van der Waals surface area contributed by atoms with Gasteiger partial charge in [0.15, 0.2) is 0 Å². The minimum absolute atomic E-state index is 0.177. The van der Waals surface area contributed by atoms with Crippen molar-refractivity contribution in [2.45, 2.75) is 39.0 Å². The number of ether oxygens (including phenoxy) is 1. The molecule has 2 aromatic heterocycles. The molecule has 33 heavy (non-hydrogen) atoms. The predicted molar refractivity (Wildman–Crippen MR) is 132 cm³/mol. The summed E-state index contributed by atoms with van der Waals surface area (Å²) in [5, 5.41) is 7.88. The lowest BCUT2D eigenvalue weighted by atomic mass is 9.90. The smallest absolute Gasteiger partial charge is 0.277 e. The standard InChI is InChI=1S/C24H27Cl2N5O2/c1-4-31-22(17-10-9-16(25)12-18(17)26)29-15(3)21(23(31)32)30-24(19-8-6-7-11-28-19)14-27-13-20(24)33-5-2/h6-12,20,27,30H,4-5,13-14H2,1-3H3/t20-,24+/m0/s1. The highest BCUT2D eigenvalue weighted by molar-refractivity contribution is 6.36. The minimum Gasteiger partial charge on any atom is -0.374 e. The quantitative estimate of drug-likeness (QED) is 0.518. The first-order valence-electron chi connectivity index (χ1n) is 11.0. The highest BCUT2D eigenvalue weighted by atomic mass is 35.5. The summed E-state index contributed by atoms with van der Waals surface area (Å²) in [6, 6.07) is 10.9. The fourth-order valence-corrected chi connectivity index (χ4v) is 4.85. The molecule has 1 aliphatic rings. The van der Waals surface area contributed by atoms with Crippen molar-refractivity contribution < 1.29 is 4.74 Å². The van der Waals surface area contributed by atoms with Gasteiger partial charge in [-0.3, -0.25) is 14.3 Å². The molecular formula is C24H27Cl2N5O2. The molecule has 7 nitrogen and oxygen atoms in total. The molecule has 1 saturated heterocycles. The molecule has 174 valence electrons. The molecule has 1 aliphatic heterocycles. The van der Waals surface area contributed by atoms with E-state index in [9.17, 15) is 4.79 Å². The number of aromatic nitrogens is 3. The molecule has 3 aromatic rings. The van der Waals surface area contributed by atoms with Gasteiger partial charge in [0.25, 0.3) is 5.56 Å². The van der Waals surface area contributed by atoms with Crippen LogP contribution in [0.25, 0.3) is 11.4 Å². The topological polar surface area (TPSA) is 81.1 Å². The normalized spacial score (nSPS) is 20.2. The van der Waals surface area contributed by atoms with E-state index in [1.165, 1.54) is 0 Å². The summed E-state index contributed by atoms with van der Waals surface area (Å²) < 4.78 is 7.70. The number of benzene rings is 1. The van der Waals surface area contributed by atoms with Gasteiger partial charge in [-0.15, -0.1) is 0 Å². The van der Waals surface area contributed by atoms with Crippen LogP contribution in [0, 0.1) is 6.92 Å². The average Bonchev–Trinajstić information content (AvgIpc) is 3.20. The van der Waals surface area contributed by atoms with Crippen molar-refractivity contribution in [1.82, 2.24) is 19.9 Å². The van der Waals surface area contributed by atoms with Gasteiger partial charge in [0, 0.05) is 43.0 Å². The summed E-state index contributed by atoms with van der Waals surface area (Å²) in [5.41, 5.74) is 1.56. The Morgan fingerprint density at radius 2 is 2.09 bits per heavy atom. The van der Waals surface area contributed by atoms with Crippen molar-refractivity contribution in [3.05, 3.63) is 74.4 Å². The molecule has 1 fully saturated rings. The number of hydrogen-bond donors (Lipinski definition) is 2. The van der Waals surface area contributed by atoms with Crippen LogP contribution in [-0.4, -0.2) is 40.3 Å². The van der Waals surface area contributed by atoms with Gasteiger partial charge in [-0.05, 0) is 51.1 Å². The van der Waals surface area contributed by atoms with Crippen molar-refractivity contribution in [2.75, 3.05) is 25.0 Å². The van der Waals surface area contributed by atoms with Gasteiger partial charge in [-0.25, -0.2) is 4.98 Å². The van der Waals surface area contributed by atoms with Crippen LogP contribution in [0.4, 0.5) is 5.69 Å². The van der Waals surface area contributed by atoms with E-state index < -0.39 is 5.54 Å². The second-order valence-electron chi connectivity index (χ2n) is 7.96. The van der Waals surface area contributed by atoms with Crippen LogP contribution in [0.2, 0.25) is 10.0 Å². The fraction of sp³-hybridized carbons (Fsp3) is 0.375. The number of aryl methyl sites for hydroxylation is 1. The fourth-order valence-electron chi connectivity index (χ4n) is 4.36. The summed E-state index contributed by atoms with van der Waals surface area (Å²) in [6.45, 7) is 7.87. The lowest BCUT2D eigenvalue weighted by molar-refractivity contribution is 0.0384. The van der Waals surface area contributed by atoms with E-state index in [1.54, 1.807) is 29.0 Å². The Hall–Kier alpha value is -2.45. The van der Waals surface area contributed by atoms with E-state index in [0.717, 1.165) is 5.69 Å². The summed E-state index contributed by atoms with van der Waals surface area (Å²) in [7, 11) is 0. The van der Waals surface area contributed by atoms with Crippen LogP contribution < -0.4 is 16.2 Å². The second kappa shape index (κ2) is 9.81. The molecule has 2 N–H and O–H groups in total. The van der Waals surface area contributed by atoms with Crippen molar-refractivity contribution in [2.24, 2.45) is 0 Å². The van der Waals surface area contributed by atoms with Crippen LogP contribution in [0.15, 0.2) is 47.4 Å². The number of rotatable bonds is 7. The van der Waals surface area contributed by atoms with E-state index >= 15 is 0 Å². The van der Waals surface area contributed by atoms with Gasteiger partial charge in [0.1, 0.15) is 17.1 Å². The molecule has 9 heteroatoms. The summed E-state index contributed by atoms with van der Waals surface area (Å²) in [4.78, 5) is 23.1. The number of nitrogens with one attached hydrogen (secondary N) is 2. The molecule has 1 aromatic carbocycles. The first-order chi connectivity index (χ1) is 15.9. The Morgan fingerprint density at radius 3 is 2.76 bits per heavy atom. The zero-order chi connectivity index (χ0) is 23.6. The second-order valence-corrected chi connectivity index (χ2v) is 8.80. The number of nitrogens with zero attached hydrogens (tertiary/aromatic N) is 3. The van der Waals surface area contributed by atoms with Crippen LogP contribution in [0.1, 0.15) is 25.2 Å². The van der Waals surface area contributed by atoms with Gasteiger partial charge in [-0.2, -0.15) is 0 Å². The van der Waals surface area contributed by atoms with E-state index in [-0.39, 0.29) is 11.7 Å². The Balaban J connectivity index is 1.86. The minimum atomic E-state index is -0.714. The summed E-state index contributed by atoms with van der Waals surface area (Å²) in [5.74, 6) is 0.505. The van der Waals surface area contributed by atoms with Crippen LogP contribution in [0.5, 0.6) is 0 Å². The van der Waals surface area contributed by atoms with Gasteiger partial charge in [0.2, 0.25) is 0 Å². The monoisotopic (exact) mass is 487 g/mol. The van der Waals surface area contributed by atoms with E-state index in [2.05, 4.69) is 15.6 Å². The third-order valence-electron chi connectivity index (χ3n) is 5.96. The van der Waals surface area contributed by atoms with Gasteiger partial charge in [-0.1, -0.05) is 29.3 Å². The molecule has 2 atom stereocenters. The molecule has 0 saturated carbocycles. The predicted octanol–water partition coefficient (Wildman–Crippen LogP) is 4.26. The molecule has 0 bridgehead atoms. The van der Waals surface area contributed by atoms with Crippen molar-refractivity contribution in [1.29, 1.82) is 0 Å². The van der Waals surface area contributed by atoms with Crippen LogP contribution in [-0.2, 0) is 16.8 Å². The van der Waals surface area contributed by atoms with Gasteiger partial charge >= 0.3 is 0 Å². The lowest BCUT2D eigenvalue weighted by Gasteiger charge is -2.36. The molecule has 0 unspecified atom stereocenters. The van der Waals surface area contributed by atoms with E-state index in [4.69, 9.17) is 32.9 Å². The highest BCUT2D eigenvalue weighted by Crippen LogP contribution is 2.34. The van der Waals surface area contributed by atoms with Crippen molar-refractivity contribution in [3.63, 3.8) is 0 Å². The van der Waals surface area contributed by atoms with Gasteiger partial charge in [0.05, 0.1) is 22.5 Å². The highest BCUT2D eigenvalue weighted by Gasteiger charge is 2.47. The molecule has 0 aliphatic carbocycles. The molecule has 0 amide bonds. The average molecular weight is 488 g/mol. The molecule has 3 heterocycles. The van der Waals surface area contributed by atoms with E-state index in [0.29, 0.717) is 59.1 Å². The summed E-state index contributed by atoms with van der Waals surface area (Å²) >= 11 is 12.5. The number of halogens is 2. The maximum Gasteiger partial charge on any atom is 0.277 e. The molecule has 0 spiro atoms. The third-order valence-corrected chi connectivity index (χ3v) is 6.51. The largest absolute Gasteiger partial charge is 0.374 e. The van der Waals surface area contributed by atoms with Crippen molar-refractivity contribution >= 4 is 28.9 Å². The lowest BCUT2D eigenvalue weighted by Crippen LogP contribution is -2.49. The molecular weight excluding hydrogens is 461 g/mol. The number of anilines is 1. The number of pyridine rings is 1. The third kappa shape index (κ3) is 4.38. The zero-order valence-corrected chi connectivity index (χ0v) is 20.4. The van der Waals surface area contributed by atoms with Crippen LogP contribution >= 0.6 is 23.2 Å². The SMILES string of the molecule is CCO[C@H]1CNC[C@@]1(Nc1c(C)nc(-c2ccc(Cl)cc2Cl)n(CC)c1=O)c1ccccn1. The maximum atomic E-state index is 13.7. The maximum absolute atomic E-state index is 13.7. The Kier molecular flexibility index (Phi) is 7.05. The Morgan fingerprint density at radius 1 is 1.27 bits per heavy atom. The molecule has 0 radical (unpaired) electrons. The summed E-state index contributed by atoms with van der Waals surface area (Å²) in [6.07, 6.45) is 1.54. The first-order valence-corrected chi connectivity index (χ1v) is 11.8. The zero-order valence-electron chi connectivity index (χ0n) is 18.9. The Labute approximate surface area is 203 Å².